The van der Waals surface area contributed by atoms with Crippen LogP contribution in [0.3, 0.4) is 0 Å². The van der Waals surface area contributed by atoms with E-state index in [-0.39, 0.29) is 72.8 Å². The van der Waals surface area contributed by atoms with E-state index in [1.165, 1.54) is 0 Å². The molecule has 56 heavy (non-hydrogen) atoms. The number of fused-ring (bicyclic) bond motifs is 2. The highest BCUT2D eigenvalue weighted by molar-refractivity contribution is 8.00. The molecule has 0 aliphatic carbocycles. The fourth-order valence-corrected chi connectivity index (χ4v) is 11.9. The second kappa shape index (κ2) is 15.7. The van der Waals surface area contributed by atoms with Crippen molar-refractivity contribution in [3.63, 3.8) is 0 Å². The minimum absolute atomic E-state index is 0.0463. The van der Waals surface area contributed by atoms with Gasteiger partial charge < -0.3 is 33.5 Å². The van der Waals surface area contributed by atoms with E-state index >= 15 is 0 Å². The van der Waals surface area contributed by atoms with Gasteiger partial charge in [0.05, 0.1) is 10.5 Å². The minimum Gasteiger partial charge on any atom is -0.416 e. The van der Waals surface area contributed by atoms with E-state index in [0.29, 0.717) is 18.8 Å². The molecule has 0 bridgehead atoms. The number of H-pyrrole nitrogens is 1. The lowest BCUT2D eigenvalue weighted by Gasteiger charge is -2.37. The number of rotatable bonds is 8. The number of nitrogen functional groups attached to an aromatic ring is 1. The van der Waals surface area contributed by atoms with Crippen molar-refractivity contribution in [1.29, 1.82) is 0 Å². The van der Waals surface area contributed by atoms with Crippen LogP contribution in [0.15, 0.2) is 26.8 Å². The third kappa shape index (κ3) is 9.49. The van der Waals surface area contributed by atoms with Crippen molar-refractivity contribution >= 4 is 46.0 Å². The molecule has 4 fully saturated rings. The predicted molar refractivity (Wildman–Crippen MR) is 228 cm³/mol. The van der Waals surface area contributed by atoms with Crippen LogP contribution in [-0.4, -0.2) is 95.4 Å². The van der Waals surface area contributed by atoms with E-state index in [4.69, 9.17) is 33.5 Å². The van der Waals surface area contributed by atoms with Gasteiger partial charge in [0.25, 0.3) is 5.56 Å². The molecule has 0 spiro atoms. The monoisotopic (exact) mass is 855 g/mol. The summed E-state index contributed by atoms with van der Waals surface area (Å²) in [5.74, 6) is -1.14. The van der Waals surface area contributed by atoms with Crippen molar-refractivity contribution in [1.82, 2.24) is 19.1 Å². The van der Waals surface area contributed by atoms with Crippen molar-refractivity contribution in [2.75, 3.05) is 18.9 Å². The van der Waals surface area contributed by atoms with Gasteiger partial charge in [-0.15, -0.1) is 23.5 Å². The summed E-state index contributed by atoms with van der Waals surface area (Å²) in [5, 5.41) is -0.118. The number of nitrogens with zero attached hydrogens (tertiary/aromatic N) is 3. The van der Waals surface area contributed by atoms with Crippen molar-refractivity contribution in [3.05, 3.63) is 54.8 Å². The third-order valence-corrected chi connectivity index (χ3v) is 24.0. The Morgan fingerprint density at radius 3 is 1.55 bits per heavy atom. The van der Waals surface area contributed by atoms with Crippen LogP contribution >= 0.6 is 23.5 Å². The predicted octanol–water partition coefficient (Wildman–Crippen LogP) is 6.29. The van der Waals surface area contributed by atoms with Gasteiger partial charge in [0, 0.05) is 36.7 Å². The van der Waals surface area contributed by atoms with E-state index < -0.39 is 33.9 Å². The fraction of sp³-hybridized carbons (Fsp3) is 0.789. The zero-order chi connectivity index (χ0) is 42.1. The summed E-state index contributed by atoms with van der Waals surface area (Å²) >= 11 is 3.29. The van der Waals surface area contributed by atoms with Gasteiger partial charge in [0.1, 0.15) is 41.0 Å². The molecule has 4 aliphatic heterocycles. The van der Waals surface area contributed by atoms with E-state index in [0.717, 1.165) is 5.56 Å². The van der Waals surface area contributed by atoms with Gasteiger partial charge in [-0.1, -0.05) is 41.5 Å². The summed E-state index contributed by atoms with van der Waals surface area (Å²) < 4.78 is 40.9. The van der Waals surface area contributed by atoms with Crippen LogP contribution in [0.25, 0.3) is 0 Å². The number of aryl methyl sites for hydroxylation is 2. The number of nitrogens with one attached hydrogen (secondary N) is 1. The number of nitrogens with two attached hydrogens (primary N) is 1. The van der Waals surface area contributed by atoms with E-state index in [2.05, 4.69) is 77.7 Å². The Labute approximate surface area is 341 Å². The molecule has 14 nitrogen and oxygen atoms in total. The molecule has 4 saturated heterocycles. The Balaban J connectivity index is 0.000000214. The number of ether oxygens (including phenoxy) is 4. The van der Waals surface area contributed by atoms with Crippen LogP contribution in [0.1, 0.15) is 91.1 Å². The highest BCUT2D eigenvalue weighted by Crippen LogP contribution is 2.52. The Morgan fingerprint density at radius 1 is 0.732 bits per heavy atom. The first-order chi connectivity index (χ1) is 25.4. The molecule has 2 aromatic rings. The van der Waals surface area contributed by atoms with E-state index in [1.54, 1.807) is 52.0 Å². The van der Waals surface area contributed by atoms with Gasteiger partial charge in [0.2, 0.25) is 0 Å². The van der Waals surface area contributed by atoms with Crippen molar-refractivity contribution in [3.8, 4) is 0 Å². The number of anilines is 1. The third-order valence-electron chi connectivity index (χ3n) is 11.9. The lowest BCUT2D eigenvalue weighted by molar-refractivity contribution is -0.149. The molecule has 6 rings (SSSR count). The average Bonchev–Trinajstić information content (AvgIpc) is 3.74. The standard InChI is InChI=1S/C19H33N3O4SSi.C19H32N2O5SSi/c1-11-9-22(17(23)21-15(11)20)16-14-13(25-19(5,6)26-14)12(27-16)10-24-28(7,8)18(2,3)4;1-11-9-21(17(23)20-15(11)22)16-14-13(25-19(5,6)26-14)12(27-16)10-24-28(7,8)18(2,3)4/h9,12-14,16H,10H2,1-8H3,(H2,20,21,23);9,12-14,16H,10H2,1-8H3,(H,20,22,23)/t2*12-,13-,14-,16-/m11/s1. The van der Waals surface area contributed by atoms with Crippen molar-refractivity contribution in [2.45, 2.75) is 177 Å². The van der Waals surface area contributed by atoms with Gasteiger partial charge in [-0.05, 0) is 77.8 Å². The summed E-state index contributed by atoms with van der Waals surface area (Å²) in [7, 11) is -3.79. The first-order valence-electron chi connectivity index (χ1n) is 19.4. The van der Waals surface area contributed by atoms with Gasteiger partial charge in [0.15, 0.2) is 28.2 Å². The molecule has 18 heteroatoms. The molecule has 316 valence electrons. The van der Waals surface area contributed by atoms with Crippen LogP contribution in [0.2, 0.25) is 36.3 Å². The van der Waals surface area contributed by atoms with Crippen LogP contribution in [-0.2, 0) is 27.8 Å². The Kier molecular flexibility index (Phi) is 12.7. The second-order valence-corrected chi connectivity index (χ2v) is 31.7. The van der Waals surface area contributed by atoms with Crippen LogP contribution in [0.4, 0.5) is 5.82 Å². The number of hydrogen-bond donors (Lipinski definition) is 2. The van der Waals surface area contributed by atoms with Crippen LogP contribution < -0.4 is 22.7 Å². The quantitative estimate of drug-likeness (QED) is 0.284. The zero-order valence-electron chi connectivity index (χ0n) is 36.1. The normalized spacial score (nSPS) is 29.9. The minimum atomic E-state index is -1.91. The summed E-state index contributed by atoms with van der Waals surface area (Å²) in [6.45, 7) is 34.6. The molecular weight excluding hydrogens is 791 g/mol. The van der Waals surface area contributed by atoms with Crippen molar-refractivity contribution < 1.29 is 27.8 Å². The summed E-state index contributed by atoms with van der Waals surface area (Å²) in [4.78, 5) is 43.1. The Hall–Kier alpha value is -1.75. The van der Waals surface area contributed by atoms with E-state index in [9.17, 15) is 14.4 Å². The molecule has 4 aliphatic rings. The van der Waals surface area contributed by atoms with E-state index in [1.807, 2.05) is 34.6 Å². The summed E-state index contributed by atoms with van der Waals surface area (Å²) in [6.07, 6.45) is 2.55. The molecule has 0 unspecified atom stereocenters. The molecule has 0 radical (unpaired) electrons. The summed E-state index contributed by atoms with van der Waals surface area (Å²) in [6, 6.07) is 0. The SMILES string of the molecule is Cc1cn([C@@H]2S[C@H](CO[Si](C)(C)C(C)(C)C)[C@H]3OC(C)(C)O[C@H]32)c(=O)[nH]c1=O.Cc1cn([C@@H]2S[C@H](CO[Si](C)(C)C(C)(C)C)[C@H]3OC(C)(C)O[C@H]32)c(=O)nc1N. The molecule has 6 heterocycles. The molecule has 0 saturated carbocycles. The maximum absolute atomic E-state index is 12.5. The lowest BCUT2D eigenvalue weighted by Crippen LogP contribution is -2.44. The van der Waals surface area contributed by atoms with Crippen molar-refractivity contribution in [2.24, 2.45) is 0 Å². The molecule has 8 atom stereocenters. The number of thioether (sulfide) groups is 2. The summed E-state index contributed by atoms with van der Waals surface area (Å²) in [5.41, 5.74) is 5.92. The number of aromatic nitrogens is 4. The molecular formula is C38H65N5O9S2Si2. The Morgan fingerprint density at radius 2 is 1.12 bits per heavy atom. The number of hydrogen-bond acceptors (Lipinski definition) is 13. The van der Waals surface area contributed by atoms with Gasteiger partial charge in [-0.25, -0.2) is 9.59 Å². The van der Waals surface area contributed by atoms with Gasteiger partial charge in [-0.2, -0.15) is 4.98 Å². The maximum Gasteiger partial charge on any atom is 0.350 e. The van der Waals surface area contributed by atoms with Gasteiger partial charge >= 0.3 is 11.4 Å². The second-order valence-electron chi connectivity index (χ2n) is 19.4. The lowest BCUT2D eigenvalue weighted by atomic mass is 10.1. The fourth-order valence-electron chi connectivity index (χ4n) is 6.58. The molecule has 2 aromatic heterocycles. The smallest absolute Gasteiger partial charge is 0.350 e. The average molecular weight is 856 g/mol. The Bertz CT molecular complexity index is 1940. The molecule has 0 amide bonds. The van der Waals surface area contributed by atoms with Crippen LogP contribution in [0.5, 0.6) is 0 Å². The topological polar surface area (TPSA) is 171 Å². The first-order valence-corrected chi connectivity index (χ1v) is 27.1. The van der Waals surface area contributed by atoms with Gasteiger partial charge in [-0.3, -0.25) is 18.9 Å². The zero-order valence-corrected chi connectivity index (χ0v) is 39.7. The maximum atomic E-state index is 12.5. The molecule has 0 aromatic carbocycles. The van der Waals surface area contributed by atoms with Crippen LogP contribution in [0, 0.1) is 13.8 Å². The first kappa shape index (κ1) is 45.3. The largest absolute Gasteiger partial charge is 0.416 e. The highest BCUT2D eigenvalue weighted by atomic mass is 32.2. The highest BCUT2D eigenvalue weighted by Gasteiger charge is 2.57. The number of aromatic amines is 1. The molecule has 3 N–H and O–H groups in total.